The molecule has 7 heteroatoms. The molecule has 0 aliphatic heterocycles. The first kappa shape index (κ1) is 12.7. The third kappa shape index (κ3) is 3.59. The normalized spacial score (nSPS) is 10.5. The quantitative estimate of drug-likeness (QED) is 0.488. The summed E-state index contributed by atoms with van der Waals surface area (Å²) in [5.41, 5.74) is 4.28. The van der Waals surface area contributed by atoms with Crippen molar-refractivity contribution in [3.63, 3.8) is 0 Å². The Morgan fingerprint density at radius 3 is 2.41 bits per heavy atom. The van der Waals surface area contributed by atoms with E-state index in [0.29, 0.717) is 5.02 Å². The highest BCUT2D eigenvalue weighted by molar-refractivity contribution is 6.44. The third-order valence-electron chi connectivity index (χ3n) is 1.64. The zero-order valence-corrected chi connectivity index (χ0v) is 9.14. The van der Waals surface area contributed by atoms with Crippen molar-refractivity contribution >= 4 is 29.2 Å². The van der Waals surface area contributed by atoms with Gasteiger partial charge in [-0.3, -0.25) is 4.79 Å². The number of rotatable bonds is 3. The predicted molar refractivity (Wildman–Crippen MR) is 59.1 cm³/mol. The highest BCUT2D eigenvalue weighted by Crippen LogP contribution is 2.10. The van der Waals surface area contributed by atoms with E-state index in [1.54, 1.807) is 0 Å². The summed E-state index contributed by atoms with van der Waals surface area (Å²) in [7, 11) is 0. The molecular weight excluding hydrogens is 246 g/mol. The summed E-state index contributed by atoms with van der Waals surface area (Å²) >= 11 is 5.62. The molecule has 0 aliphatic carbocycles. The molecular formula is C10H6ClN3O3. The van der Waals surface area contributed by atoms with Gasteiger partial charge in [-0.15, -0.1) is 0 Å². The van der Waals surface area contributed by atoms with E-state index >= 15 is 0 Å². The Morgan fingerprint density at radius 2 is 1.94 bits per heavy atom. The maximum absolute atomic E-state index is 11.4. The predicted octanol–water partition coefficient (Wildman–Crippen LogP) is 0.862. The van der Waals surface area contributed by atoms with Crippen molar-refractivity contribution in [3.8, 4) is 6.07 Å². The minimum Gasteiger partial charge on any atom is -0.364 e. The zero-order chi connectivity index (χ0) is 12.8. The van der Waals surface area contributed by atoms with Gasteiger partial charge in [0, 0.05) is 5.02 Å². The molecule has 0 saturated heterocycles. The second-order valence-electron chi connectivity index (χ2n) is 2.80. The second kappa shape index (κ2) is 5.63. The van der Waals surface area contributed by atoms with E-state index in [1.807, 2.05) is 0 Å². The number of hydrogen-bond acceptors (Lipinski definition) is 5. The minimum atomic E-state index is -1.07. The van der Waals surface area contributed by atoms with Gasteiger partial charge in [0.15, 0.2) is 0 Å². The molecule has 0 aliphatic rings. The average molecular weight is 252 g/mol. The number of carbonyl (C=O) groups is 2. The molecule has 0 bridgehead atoms. The van der Waals surface area contributed by atoms with Crippen molar-refractivity contribution in [1.29, 1.82) is 5.26 Å². The van der Waals surface area contributed by atoms with Crippen molar-refractivity contribution < 1.29 is 14.4 Å². The van der Waals surface area contributed by atoms with E-state index in [2.05, 4.69) is 9.99 Å². The van der Waals surface area contributed by atoms with Crippen molar-refractivity contribution in [2.75, 3.05) is 0 Å². The highest BCUT2D eigenvalue weighted by atomic mass is 35.5. The molecule has 1 amide bonds. The summed E-state index contributed by atoms with van der Waals surface area (Å²) in [6.07, 6.45) is 0. The molecule has 86 valence electrons. The smallest absolute Gasteiger partial charge is 0.364 e. The standard InChI is InChI=1S/C10H6ClN3O3/c11-7-3-1-6(2-4-7)10(16)17-14-8(5-12)9(13)15/h1-4H,(H2,13,15)/b14-8+. The van der Waals surface area contributed by atoms with Crippen LogP contribution in [0.3, 0.4) is 0 Å². The fraction of sp³-hybridized carbons (Fsp3) is 0. The van der Waals surface area contributed by atoms with Gasteiger partial charge in [-0.05, 0) is 24.3 Å². The van der Waals surface area contributed by atoms with Crippen LogP contribution in [0.15, 0.2) is 29.4 Å². The number of hydrogen-bond donors (Lipinski definition) is 1. The van der Waals surface area contributed by atoms with Gasteiger partial charge in [0.1, 0.15) is 6.07 Å². The van der Waals surface area contributed by atoms with Gasteiger partial charge >= 0.3 is 5.97 Å². The molecule has 0 atom stereocenters. The largest absolute Gasteiger partial charge is 0.365 e. The molecule has 0 aromatic heterocycles. The number of nitriles is 1. The topological polar surface area (TPSA) is 106 Å². The Hall–Kier alpha value is -2.39. The van der Waals surface area contributed by atoms with Crippen molar-refractivity contribution in [3.05, 3.63) is 34.9 Å². The number of nitrogens with zero attached hydrogens (tertiary/aromatic N) is 2. The molecule has 2 N–H and O–H groups in total. The van der Waals surface area contributed by atoms with E-state index < -0.39 is 17.6 Å². The van der Waals surface area contributed by atoms with Crippen LogP contribution in [0.25, 0.3) is 0 Å². The maximum atomic E-state index is 11.4. The molecule has 1 aromatic rings. The van der Waals surface area contributed by atoms with Crippen LogP contribution in [-0.2, 0) is 9.63 Å². The van der Waals surface area contributed by atoms with Crippen LogP contribution in [0.4, 0.5) is 0 Å². The summed E-state index contributed by atoms with van der Waals surface area (Å²) in [6.45, 7) is 0. The number of primary amides is 1. The summed E-state index contributed by atoms with van der Waals surface area (Å²) in [5, 5.41) is 11.9. The molecule has 0 fully saturated rings. The van der Waals surface area contributed by atoms with E-state index in [-0.39, 0.29) is 5.56 Å². The van der Waals surface area contributed by atoms with Gasteiger partial charge in [0.25, 0.3) is 5.91 Å². The molecule has 0 radical (unpaired) electrons. The first-order valence-electron chi connectivity index (χ1n) is 4.29. The molecule has 17 heavy (non-hydrogen) atoms. The molecule has 1 aromatic carbocycles. The van der Waals surface area contributed by atoms with Gasteiger partial charge in [0.05, 0.1) is 5.56 Å². The van der Waals surface area contributed by atoms with Crippen molar-refractivity contribution in [1.82, 2.24) is 0 Å². The lowest BCUT2D eigenvalue weighted by molar-refractivity contribution is -0.112. The summed E-state index contributed by atoms with van der Waals surface area (Å²) < 4.78 is 0. The van der Waals surface area contributed by atoms with E-state index in [9.17, 15) is 9.59 Å². The Balaban J connectivity index is 2.77. The fourth-order valence-electron chi connectivity index (χ4n) is 0.846. The summed E-state index contributed by atoms with van der Waals surface area (Å²) in [6, 6.07) is 7.20. The number of amides is 1. The average Bonchev–Trinajstić information content (AvgIpc) is 2.30. The highest BCUT2D eigenvalue weighted by Gasteiger charge is 2.10. The number of oxime groups is 1. The monoisotopic (exact) mass is 251 g/mol. The van der Waals surface area contributed by atoms with Crippen molar-refractivity contribution in [2.24, 2.45) is 10.9 Å². The Morgan fingerprint density at radius 1 is 1.35 bits per heavy atom. The number of benzene rings is 1. The maximum Gasteiger partial charge on any atom is 0.365 e. The molecule has 0 heterocycles. The Kier molecular flexibility index (Phi) is 4.20. The Bertz CT molecular complexity index is 517. The Labute approximate surface area is 101 Å². The van der Waals surface area contributed by atoms with Gasteiger partial charge in [-0.25, -0.2) is 4.79 Å². The molecule has 0 spiro atoms. The third-order valence-corrected chi connectivity index (χ3v) is 1.89. The van der Waals surface area contributed by atoms with E-state index in [0.717, 1.165) is 0 Å². The molecule has 0 saturated carbocycles. The fourth-order valence-corrected chi connectivity index (χ4v) is 0.972. The minimum absolute atomic E-state index is 0.180. The van der Waals surface area contributed by atoms with Gasteiger partial charge < -0.3 is 10.6 Å². The van der Waals surface area contributed by atoms with Crippen LogP contribution in [0, 0.1) is 11.3 Å². The van der Waals surface area contributed by atoms with E-state index in [4.69, 9.17) is 22.6 Å². The number of halogens is 1. The lowest BCUT2D eigenvalue weighted by Gasteiger charge is -1.97. The number of carbonyl (C=O) groups excluding carboxylic acids is 2. The summed E-state index contributed by atoms with van der Waals surface area (Å²) in [4.78, 5) is 26.3. The number of nitrogens with two attached hydrogens (primary N) is 1. The summed E-state index contributed by atoms with van der Waals surface area (Å²) in [5.74, 6) is -1.90. The van der Waals surface area contributed by atoms with Gasteiger partial charge in [-0.1, -0.05) is 16.8 Å². The zero-order valence-electron chi connectivity index (χ0n) is 8.38. The van der Waals surface area contributed by atoms with Crippen molar-refractivity contribution in [2.45, 2.75) is 0 Å². The first-order valence-corrected chi connectivity index (χ1v) is 4.67. The van der Waals surface area contributed by atoms with Gasteiger partial charge in [-0.2, -0.15) is 5.26 Å². The van der Waals surface area contributed by atoms with Crippen LogP contribution in [0.5, 0.6) is 0 Å². The molecule has 1 rings (SSSR count). The van der Waals surface area contributed by atoms with E-state index in [1.165, 1.54) is 30.3 Å². The van der Waals surface area contributed by atoms with Gasteiger partial charge in [0.2, 0.25) is 5.71 Å². The van der Waals surface area contributed by atoms with Crippen LogP contribution >= 0.6 is 11.6 Å². The van der Waals surface area contributed by atoms with Crippen LogP contribution in [-0.4, -0.2) is 17.6 Å². The lowest BCUT2D eigenvalue weighted by Crippen LogP contribution is -2.22. The van der Waals surface area contributed by atoms with Crippen LogP contribution in [0.2, 0.25) is 5.02 Å². The lowest BCUT2D eigenvalue weighted by atomic mass is 10.2. The SMILES string of the molecule is N#C/C(=N\OC(=O)c1ccc(Cl)cc1)C(N)=O. The second-order valence-corrected chi connectivity index (χ2v) is 3.24. The first-order chi connectivity index (χ1) is 8.04. The van der Waals surface area contributed by atoms with Crippen LogP contribution in [0.1, 0.15) is 10.4 Å². The van der Waals surface area contributed by atoms with Crippen LogP contribution < -0.4 is 5.73 Å². The molecule has 6 nitrogen and oxygen atoms in total. The molecule has 0 unspecified atom stereocenters.